The molecule has 0 spiro atoms. The maximum absolute atomic E-state index is 11.8. The monoisotopic (exact) mass is 688 g/mol. The van der Waals surface area contributed by atoms with Crippen molar-refractivity contribution in [1.29, 1.82) is 0 Å². The van der Waals surface area contributed by atoms with Crippen LogP contribution in [0.1, 0.15) is 131 Å². The summed E-state index contributed by atoms with van der Waals surface area (Å²) < 4.78 is 25.6. The average molecular weight is 689 g/mol. The Morgan fingerprint density at radius 3 is 2.37 bits per heavy atom. The van der Waals surface area contributed by atoms with Crippen LogP contribution < -0.4 is 0 Å². The number of rotatable bonds is 9. The zero-order chi connectivity index (χ0) is 34.9. The Kier molecular flexibility index (Phi) is 10.4. The topological polar surface area (TPSA) is 115 Å². The lowest BCUT2D eigenvalue weighted by Gasteiger charge is -2.62. The zero-order valence-electron chi connectivity index (χ0n) is 31.4. The number of aliphatic hydroxyl groups excluding tert-OH is 1. The van der Waals surface area contributed by atoms with Crippen LogP contribution in [0.15, 0.2) is 0 Å². The molecule has 280 valence electrons. The number of fused-ring (bicyclic) bond motifs is 5. The Balaban J connectivity index is 0.923. The fraction of sp³-hybridized carbons (Fsp3) is 0.976. The Bertz CT molecular complexity index is 1180. The summed E-state index contributed by atoms with van der Waals surface area (Å²) in [6.45, 7) is 14.7. The van der Waals surface area contributed by atoms with Gasteiger partial charge < -0.3 is 34.3 Å². The maximum Gasteiger partial charge on any atom is 0.303 e. The van der Waals surface area contributed by atoms with E-state index in [2.05, 4.69) is 34.6 Å². The Hall–Kier alpha value is -0.770. The van der Waals surface area contributed by atoms with Crippen LogP contribution in [0.2, 0.25) is 0 Å². The van der Waals surface area contributed by atoms with Gasteiger partial charge in [-0.1, -0.05) is 41.0 Å². The van der Waals surface area contributed by atoms with Gasteiger partial charge in [0.05, 0.1) is 25.4 Å². The van der Waals surface area contributed by atoms with Gasteiger partial charge in [-0.3, -0.25) is 4.79 Å². The number of carboxylic acids is 1. The predicted octanol–water partition coefficient (Wildman–Crippen LogP) is 7.63. The first-order valence-corrected chi connectivity index (χ1v) is 20.4. The van der Waals surface area contributed by atoms with Gasteiger partial charge in [-0.05, 0) is 142 Å². The molecule has 7 aliphatic rings. The average Bonchev–Trinajstić information content (AvgIpc) is 3.33. The lowest BCUT2D eigenvalue weighted by molar-refractivity contribution is -0.370. The van der Waals surface area contributed by atoms with Gasteiger partial charge in [0.15, 0.2) is 18.4 Å². The Morgan fingerprint density at radius 2 is 1.59 bits per heavy atom. The summed E-state index contributed by atoms with van der Waals surface area (Å²) in [5.41, 5.74) is 0.451. The molecule has 0 amide bonds. The van der Waals surface area contributed by atoms with E-state index >= 15 is 0 Å². The minimum atomic E-state index is -1.17. The molecule has 5 aliphatic carbocycles. The lowest BCUT2D eigenvalue weighted by atomic mass is 9.43. The van der Waals surface area contributed by atoms with Crippen molar-refractivity contribution in [2.75, 3.05) is 13.2 Å². The molecule has 5 saturated carbocycles. The Morgan fingerprint density at radius 1 is 0.857 bits per heavy atom. The molecule has 7 fully saturated rings. The van der Waals surface area contributed by atoms with Gasteiger partial charge in [-0.15, -0.1) is 0 Å². The number of hydrogen-bond donors (Lipinski definition) is 3. The van der Waals surface area contributed by atoms with Crippen molar-refractivity contribution in [3.63, 3.8) is 0 Å². The second kappa shape index (κ2) is 13.9. The van der Waals surface area contributed by atoms with Crippen molar-refractivity contribution in [2.24, 2.45) is 75.9 Å². The highest BCUT2D eigenvalue weighted by atomic mass is 16.8. The van der Waals surface area contributed by atoms with E-state index in [9.17, 15) is 20.1 Å². The third kappa shape index (κ3) is 6.68. The van der Waals surface area contributed by atoms with Crippen LogP contribution in [0.4, 0.5) is 0 Å². The molecule has 9 unspecified atom stereocenters. The van der Waals surface area contributed by atoms with Gasteiger partial charge in [-0.2, -0.15) is 0 Å². The van der Waals surface area contributed by atoms with E-state index in [1.165, 1.54) is 32.1 Å². The van der Waals surface area contributed by atoms with Crippen LogP contribution in [-0.2, 0) is 23.7 Å². The molecule has 2 saturated heterocycles. The maximum atomic E-state index is 11.8. The highest BCUT2D eigenvalue weighted by molar-refractivity contribution is 5.66. The summed E-state index contributed by atoms with van der Waals surface area (Å²) in [4.78, 5) is 11.3. The molecule has 8 heteroatoms. The summed E-state index contributed by atoms with van der Waals surface area (Å²) >= 11 is 0. The highest BCUT2D eigenvalue weighted by Crippen LogP contribution is 2.68. The first-order chi connectivity index (χ1) is 23.2. The molecule has 49 heavy (non-hydrogen) atoms. The molecule has 0 radical (unpaired) electrons. The van der Waals surface area contributed by atoms with Crippen LogP contribution in [0.25, 0.3) is 0 Å². The van der Waals surface area contributed by atoms with Crippen molar-refractivity contribution in [1.82, 2.24) is 0 Å². The van der Waals surface area contributed by atoms with Crippen molar-refractivity contribution >= 4 is 5.97 Å². The number of aliphatic carboxylic acids is 1. The molecule has 0 aromatic rings. The SMILES string of the molecule is C[C@H]1C(OCCO[C@@H]2CC[C@@]3(C)C(C2)C[C@H](O)C2C3CC[C@@]3(C)C2CC[C@@H]3[C@H](C)CCC(=O)O)OC2O[C@](C)(O)CCC3C2C1CC[C@H]3C. The zero-order valence-corrected chi connectivity index (χ0v) is 31.4. The minimum Gasteiger partial charge on any atom is -0.481 e. The fourth-order valence-corrected chi connectivity index (χ4v) is 13.9. The van der Waals surface area contributed by atoms with Crippen molar-refractivity contribution in [3.05, 3.63) is 0 Å². The first-order valence-electron chi connectivity index (χ1n) is 20.4. The van der Waals surface area contributed by atoms with Gasteiger partial charge in [0.2, 0.25) is 0 Å². The molecule has 0 aromatic heterocycles. The second-order valence-electron chi connectivity index (χ2n) is 19.1. The summed E-state index contributed by atoms with van der Waals surface area (Å²) in [6.07, 6.45) is 13.0. The molecule has 2 heterocycles. The number of ether oxygens (including phenoxy) is 4. The molecule has 0 bridgehead atoms. The summed E-state index contributed by atoms with van der Waals surface area (Å²) in [5, 5.41) is 32.0. The van der Waals surface area contributed by atoms with Gasteiger partial charge in [-0.25, -0.2) is 0 Å². The predicted molar refractivity (Wildman–Crippen MR) is 186 cm³/mol. The lowest BCUT2D eigenvalue weighted by Crippen LogP contribution is -2.58. The van der Waals surface area contributed by atoms with E-state index in [4.69, 9.17) is 18.9 Å². The van der Waals surface area contributed by atoms with Gasteiger partial charge in [0.1, 0.15) is 0 Å². The smallest absolute Gasteiger partial charge is 0.303 e. The van der Waals surface area contributed by atoms with Crippen LogP contribution in [-0.4, -0.2) is 65.1 Å². The van der Waals surface area contributed by atoms with Crippen LogP contribution >= 0.6 is 0 Å². The van der Waals surface area contributed by atoms with E-state index in [1.54, 1.807) is 6.92 Å². The summed E-state index contributed by atoms with van der Waals surface area (Å²) in [7, 11) is 0. The van der Waals surface area contributed by atoms with Crippen molar-refractivity contribution in [3.8, 4) is 0 Å². The van der Waals surface area contributed by atoms with E-state index in [0.29, 0.717) is 78.8 Å². The van der Waals surface area contributed by atoms with Crippen LogP contribution in [0.5, 0.6) is 0 Å². The standard InChI is InChI=1S/C41H68O8/c1-23-7-9-29-25(3)37(48-38-35(29)28(23)14-18-41(6,45)49-38)47-20-19-46-27-13-16-39(4)26(21-27)22-33(42)36-31-11-10-30(24(2)8-12-34(43)44)40(31,5)17-15-32(36)39/h23-33,35-38,42,45H,7-22H2,1-6H3,(H,43,44)/t23-,24-,25-,26?,27-,28?,29?,30-,31?,32?,33+,35?,36?,37?,38?,39+,40-,41+/m1/s1. The summed E-state index contributed by atoms with van der Waals surface area (Å²) in [6, 6.07) is 0. The molecule has 8 nitrogen and oxygen atoms in total. The number of carboxylic acid groups (broad SMARTS) is 1. The van der Waals surface area contributed by atoms with Crippen molar-refractivity contribution < 1.29 is 39.1 Å². The second-order valence-corrected chi connectivity index (χ2v) is 19.1. The quantitative estimate of drug-likeness (QED) is 0.212. The molecular formula is C41H68O8. The third-order valence-electron chi connectivity index (χ3n) is 16.6. The van der Waals surface area contributed by atoms with E-state index in [0.717, 1.165) is 44.9 Å². The fourth-order valence-electron chi connectivity index (χ4n) is 13.9. The number of hydrogen-bond acceptors (Lipinski definition) is 7. The van der Waals surface area contributed by atoms with E-state index in [1.807, 2.05) is 0 Å². The molecule has 18 atom stereocenters. The van der Waals surface area contributed by atoms with Gasteiger partial charge >= 0.3 is 5.97 Å². The molecule has 0 aromatic carbocycles. The largest absolute Gasteiger partial charge is 0.481 e. The van der Waals surface area contributed by atoms with Gasteiger partial charge in [0.25, 0.3) is 0 Å². The van der Waals surface area contributed by atoms with Gasteiger partial charge in [0, 0.05) is 24.7 Å². The molecular weight excluding hydrogens is 620 g/mol. The normalized spacial score (nSPS) is 53.0. The van der Waals surface area contributed by atoms with Crippen LogP contribution in [0.3, 0.4) is 0 Å². The molecule has 7 rings (SSSR count). The van der Waals surface area contributed by atoms with E-state index < -0.39 is 18.0 Å². The summed E-state index contributed by atoms with van der Waals surface area (Å²) in [5.74, 6) is 3.25. The molecule has 3 N–H and O–H groups in total. The van der Waals surface area contributed by atoms with E-state index in [-0.39, 0.29) is 41.7 Å². The Labute approximate surface area is 295 Å². The minimum absolute atomic E-state index is 0.195. The highest BCUT2D eigenvalue weighted by Gasteiger charge is 2.63. The van der Waals surface area contributed by atoms with Crippen LogP contribution in [0, 0.1) is 75.9 Å². The first kappa shape index (κ1) is 36.6. The number of carbonyl (C=O) groups is 1. The molecule has 2 aliphatic heterocycles. The third-order valence-corrected chi connectivity index (χ3v) is 16.6. The number of aliphatic hydroxyl groups is 2. The van der Waals surface area contributed by atoms with Crippen molar-refractivity contribution in [2.45, 2.75) is 162 Å².